The van der Waals surface area contributed by atoms with Crippen LogP contribution in [0.15, 0.2) is 36.5 Å². The quantitative estimate of drug-likeness (QED) is 0.0273. The van der Waals surface area contributed by atoms with Gasteiger partial charge in [0.1, 0.15) is 13.2 Å². The van der Waals surface area contributed by atoms with E-state index in [4.69, 9.17) is 9.05 Å². The molecule has 0 aliphatic rings. The molecular weight excluding hydrogens is 756 g/mol. The minimum absolute atomic E-state index is 0.00124. The molecule has 0 aliphatic heterocycles. The second kappa shape index (κ2) is 42.0. The minimum Gasteiger partial charge on any atom is -0.756 e. The molecule has 3 atom stereocenters. The van der Waals surface area contributed by atoms with E-state index in [1.54, 1.807) is 6.08 Å². The molecule has 8 nitrogen and oxygen atoms in total. The van der Waals surface area contributed by atoms with Crippen LogP contribution in [-0.4, -0.2) is 68.5 Å². The van der Waals surface area contributed by atoms with Crippen LogP contribution in [0.25, 0.3) is 0 Å². The molecule has 0 saturated carbocycles. The van der Waals surface area contributed by atoms with Gasteiger partial charge in [0.25, 0.3) is 7.82 Å². The maximum atomic E-state index is 12.7. The topological polar surface area (TPSA) is 108 Å². The van der Waals surface area contributed by atoms with E-state index in [-0.39, 0.29) is 19.1 Å². The van der Waals surface area contributed by atoms with E-state index in [1.807, 2.05) is 27.2 Å². The van der Waals surface area contributed by atoms with Gasteiger partial charge in [0, 0.05) is 6.42 Å². The van der Waals surface area contributed by atoms with E-state index in [1.165, 1.54) is 161 Å². The highest BCUT2D eigenvalue weighted by atomic mass is 31.2. The van der Waals surface area contributed by atoms with Gasteiger partial charge in [-0.25, -0.2) is 0 Å². The normalized spacial score (nSPS) is 14.5. The number of hydrogen-bond acceptors (Lipinski definition) is 6. The third-order valence-corrected chi connectivity index (χ3v) is 12.1. The fraction of sp³-hybridized carbons (Fsp3) is 0.860. The number of allylic oxidation sites excluding steroid dienone is 5. The van der Waals surface area contributed by atoms with Crippen LogP contribution < -0.4 is 10.2 Å². The zero-order valence-corrected chi connectivity index (χ0v) is 40.4. The SMILES string of the molecule is CCCC/C=C/C(O)C(COP(=O)([O-])OCC[N+](C)(C)C)NC(=O)CCCCCCCCCCCCCCCCCCCCCCC/C=C\C/C=C\CCCCCCC. The highest BCUT2D eigenvalue weighted by Gasteiger charge is 2.23. The molecule has 0 aromatic carbocycles. The van der Waals surface area contributed by atoms with Crippen molar-refractivity contribution in [2.45, 2.75) is 238 Å². The monoisotopic (exact) mass is 853 g/mol. The summed E-state index contributed by atoms with van der Waals surface area (Å²) in [7, 11) is 1.26. The second-order valence-electron chi connectivity index (χ2n) is 18.2. The number of carbonyl (C=O) groups is 1. The summed E-state index contributed by atoms with van der Waals surface area (Å²) in [6.45, 7) is 4.48. The first-order chi connectivity index (χ1) is 28.5. The third kappa shape index (κ3) is 44.6. The average molecular weight is 853 g/mol. The second-order valence-corrected chi connectivity index (χ2v) is 19.6. The van der Waals surface area contributed by atoms with E-state index in [0.29, 0.717) is 17.4 Å². The highest BCUT2D eigenvalue weighted by Crippen LogP contribution is 2.38. The molecule has 2 N–H and O–H groups in total. The number of rotatable bonds is 45. The first kappa shape index (κ1) is 57.7. The van der Waals surface area contributed by atoms with Crippen LogP contribution in [0.3, 0.4) is 0 Å². The zero-order valence-electron chi connectivity index (χ0n) is 39.5. The van der Waals surface area contributed by atoms with Gasteiger partial charge in [-0.15, -0.1) is 0 Å². The predicted molar refractivity (Wildman–Crippen MR) is 251 cm³/mol. The summed E-state index contributed by atoms with van der Waals surface area (Å²) >= 11 is 0. The Morgan fingerprint density at radius 1 is 0.593 bits per heavy atom. The number of aliphatic hydroxyl groups is 1. The van der Waals surface area contributed by atoms with E-state index >= 15 is 0 Å². The van der Waals surface area contributed by atoms with Crippen molar-refractivity contribution in [3.05, 3.63) is 36.5 Å². The van der Waals surface area contributed by atoms with Gasteiger partial charge in [0.05, 0.1) is 39.9 Å². The first-order valence-electron chi connectivity index (χ1n) is 24.9. The number of nitrogens with one attached hydrogen (secondary N) is 1. The molecular formula is C50H97N2O6P. The Balaban J connectivity index is 3.74. The van der Waals surface area contributed by atoms with Crippen molar-refractivity contribution in [2.75, 3.05) is 40.9 Å². The summed E-state index contributed by atoms with van der Waals surface area (Å²) in [5, 5.41) is 13.5. The summed E-state index contributed by atoms with van der Waals surface area (Å²) in [6.07, 6.45) is 53.0. The Labute approximate surface area is 366 Å². The number of likely N-dealkylation sites (N-methyl/N-ethyl adjacent to an activating group) is 1. The molecule has 59 heavy (non-hydrogen) atoms. The van der Waals surface area contributed by atoms with E-state index in [9.17, 15) is 19.4 Å². The van der Waals surface area contributed by atoms with Gasteiger partial charge in [-0.1, -0.05) is 211 Å². The van der Waals surface area contributed by atoms with Crippen molar-refractivity contribution in [2.24, 2.45) is 0 Å². The van der Waals surface area contributed by atoms with Crippen molar-refractivity contribution < 1.29 is 32.9 Å². The molecule has 348 valence electrons. The van der Waals surface area contributed by atoms with Crippen LogP contribution in [0, 0.1) is 0 Å². The largest absolute Gasteiger partial charge is 0.756 e. The van der Waals surface area contributed by atoms with Crippen molar-refractivity contribution in [3.63, 3.8) is 0 Å². The number of phosphoric ester groups is 1. The van der Waals surface area contributed by atoms with Gasteiger partial charge in [0.15, 0.2) is 0 Å². The van der Waals surface area contributed by atoms with Crippen LogP contribution in [0.4, 0.5) is 0 Å². The van der Waals surface area contributed by atoms with Crippen molar-refractivity contribution >= 4 is 13.7 Å². The smallest absolute Gasteiger partial charge is 0.268 e. The van der Waals surface area contributed by atoms with Gasteiger partial charge in [-0.05, 0) is 44.9 Å². The lowest BCUT2D eigenvalue weighted by atomic mass is 10.0. The molecule has 1 amide bonds. The van der Waals surface area contributed by atoms with Gasteiger partial charge >= 0.3 is 0 Å². The number of quaternary nitrogens is 1. The Kier molecular flexibility index (Phi) is 41.1. The van der Waals surface area contributed by atoms with Crippen molar-refractivity contribution in [1.29, 1.82) is 0 Å². The molecule has 9 heteroatoms. The summed E-state index contributed by atoms with van der Waals surface area (Å²) < 4.78 is 23.0. The summed E-state index contributed by atoms with van der Waals surface area (Å²) in [4.78, 5) is 25.0. The molecule has 0 rings (SSSR count). The number of hydrogen-bond donors (Lipinski definition) is 2. The predicted octanol–water partition coefficient (Wildman–Crippen LogP) is 13.6. The van der Waals surface area contributed by atoms with E-state index < -0.39 is 20.0 Å². The first-order valence-corrected chi connectivity index (χ1v) is 26.3. The molecule has 0 radical (unpaired) electrons. The maximum absolute atomic E-state index is 12.7. The molecule has 0 aliphatic carbocycles. The summed E-state index contributed by atoms with van der Waals surface area (Å²) in [5.41, 5.74) is 0. The number of carbonyl (C=O) groups excluding carboxylic acids is 1. The number of nitrogens with zero attached hydrogens (tertiary/aromatic N) is 1. The van der Waals surface area contributed by atoms with E-state index in [2.05, 4.69) is 43.5 Å². The number of phosphoric acid groups is 1. The Morgan fingerprint density at radius 2 is 1.00 bits per heavy atom. The fourth-order valence-electron chi connectivity index (χ4n) is 7.11. The summed E-state index contributed by atoms with van der Waals surface area (Å²) in [5.74, 6) is -0.205. The zero-order chi connectivity index (χ0) is 43.6. The lowest BCUT2D eigenvalue weighted by Crippen LogP contribution is -2.45. The fourth-order valence-corrected chi connectivity index (χ4v) is 7.83. The minimum atomic E-state index is -4.57. The van der Waals surface area contributed by atoms with Gasteiger partial charge < -0.3 is 28.8 Å². The van der Waals surface area contributed by atoms with Crippen LogP contribution in [0.1, 0.15) is 226 Å². The Morgan fingerprint density at radius 3 is 1.44 bits per heavy atom. The standard InChI is InChI=1S/C50H97N2O6P/c1-6-8-10-12-13-14-15-16-17-18-19-20-21-22-23-24-25-26-27-28-29-30-31-32-33-34-35-36-37-38-39-40-42-44-50(54)51-48(49(53)43-41-11-9-7-2)47-58-59(55,56)57-46-45-52(3,4)5/h15-16,18-19,41,43,48-49,53H,6-14,17,20-40,42,44-47H2,1-5H3,(H-,51,54,55,56)/b16-15-,19-18-,43-41+. The third-order valence-electron chi connectivity index (χ3n) is 11.1. The van der Waals surface area contributed by atoms with Crippen LogP contribution >= 0.6 is 7.82 Å². The maximum Gasteiger partial charge on any atom is 0.268 e. The molecule has 3 unspecified atom stereocenters. The van der Waals surface area contributed by atoms with E-state index in [0.717, 1.165) is 44.9 Å². The number of amides is 1. The lowest BCUT2D eigenvalue weighted by Gasteiger charge is -2.29. The molecule has 0 saturated heterocycles. The molecule has 0 heterocycles. The highest BCUT2D eigenvalue weighted by molar-refractivity contribution is 7.45. The number of unbranched alkanes of at least 4 members (excludes halogenated alkanes) is 28. The molecule has 0 bridgehead atoms. The molecule has 0 spiro atoms. The molecule has 0 aromatic rings. The van der Waals surface area contributed by atoms with Gasteiger partial charge in [-0.3, -0.25) is 9.36 Å². The Bertz CT molecular complexity index is 1060. The molecule has 0 fully saturated rings. The lowest BCUT2D eigenvalue weighted by molar-refractivity contribution is -0.870. The number of aliphatic hydroxyl groups excluding tert-OH is 1. The van der Waals surface area contributed by atoms with Crippen molar-refractivity contribution in [1.82, 2.24) is 5.32 Å². The molecule has 0 aromatic heterocycles. The average Bonchev–Trinajstić information content (AvgIpc) is 3.19. The van der Waals surface area contributed by atoms with Crippen LogP contribution in [-0.2, 0) is 18.4 Å². The summed E-state index contributed by atoms with van der Waals surface area (Å²) in [6, 6.07) is -0.879. The van der Waals surface area contributed by atoms with Gasteiger partial charge in [0.2, 0.25) is 5.91 Å². The van der Waals surface area contributed by atoms with Crippen molar-refractivity contribution in [3.8, 4) is 0 Å². The Hall–Kier alpha value is -1.28. The van der Waals surface area contributed by atoms with Gasteiger partial charge in [-0.2, -0.15) is 0 Å². The van der Waals surface area contributed by atoms with Crippen LogP contribution in [0.2, 0.25) is 0 Å². The van der Waals surface area contributed by atoms with Crippen LogP contribution in [0.5, 0.6) is 0 Å².